The van der Waals surface area contributed by atoms with Crippen LogP contribution in [0.1, 0.15) is 15.2 Å². The van der Waals surface area contributed by atoms with Gasteiger partial charge in [0.2, 0.25) is 0 Å². The predicted molar refractivity (Wildman–Crippen MR) is 73.2 cm³/mol. The van der Waals surface area contributed by atoms with Crippen molar-refractivity contribution >= 4 is 17.2 Å². The van der Waals surface area contributed by atoms with Crippen LogP contribution >= 0.6 is 11.3 Å². The summed E-state index contributed by atoms with van der Waals surface area (Å²) in [6.45, 7) is 0.456. The second-order valence-corrected chi connectivity index (χ2v) is 5.35. The molecule has 1 aromatic heterocycles. The van der Waals surface area contributed by atoms with E-state index in [2.05, 4.69) is 4.74 Å². The summed E-state index contributed by atoms with van der Waals surface area (Å²) >= 11 is 1.53. The van der Waals surface area contributed by atoms with Crippen LogP contribution in [0.4, 0.5) is 13.2 Å². The topological polar surface area (TPSA) is 29.5 Å². The minimum atomic E-state index is -4.73. The molecule has 1 heterocycles. The molecule has 0 aliphatic rings. The van der Waals surface area contributed by atoms with E-state index in [1.807, 2.05) is 17.5 Å². The van der Waals surface area contributed by atoms with Crippen molar-refractivity contribution in [1.82, 2.24) is 4.90 Å². The lowest BCUT2D eigenvalue weighted by Crippen LogP contribution is -2.25. The van der Waals surface area contributed by atoms with Crippen molar-refractivity contribution in [2.45, 2.75) is 12.9 Å². The molecule has 21 heavy (non-hydrogen) atoms. The van der Waals surface area contributed by atoms with Gasteiger partial charge in [-0.1, -0.05) is 6.07 Å². The summed E-state index contributed by atoms with van der Waals surface area (Å²) in [5.41, 5.74) is 0.309. The number of alkyl halides is 3. The van der Waals surface area contributed by atoms with Crippen LogP contribution in [0.3, 0.4) is 0 Å². The van der Waals surface area contributed by atoms with Crippen molar-refractivity contribution in [3.05, 3.63) is 52.2 Å². The lowest BCUT2D eigenvalue weighted by Gasteiger charge is -2.16. The molecule has 112 valence electrons. The molecule has 0 spiro atoms. The van der Waals surface area contributed by atoms with Crippen molar-refractivity contribution in [1.29, 1.82) is 0 Å². The molecule has 0 saturated heterocycles. The van der Waals surface area contributed by atoms with Gasteiger partial charge in [0.15, 0.2) is 0 Å². The molecule has 3 nitrogen and oxygen atoms in total. The fourth-order valence-electron chi connectivity index (χ4n) is 1.73. The highest BCUT2D eigenvalue weighted by atomic mass is 32.1. The van der Waals surface area contributed by atoms with E-state index < -0.39 is 6.36 Å². The van der Waals surface area contributed by atoms with Crippen molar-refractivity contribution in [3.8, 4) is 5.75 Å². The minimum Gasteiger partial charge on any atom is -0.406 e. The Morgan fingerprint density at radius 1 is 1.24 bits per heavy atom. The zero-order chi connectivity index (χ0) is 15.5. The highest BCUT2D eigenvalue weighted by molar-refractivity contribution is 7.09. The number of thiophene rings is 1. The van der Waals surface area contributed by atoms with E-state index in [1.54, 1.807) is 7.05 Å². The van der Waals surface area contributed by atoms with E-state index in [-0.39, 0.29) is 11.7 Å². The maximum Gasteiger partial charge on any atom is 0.573 e. The molecule has 0 aliphatic heterocycles. The van der Waals surface area contributed by atoms with Gasteiger partial charge >= 0.3 is 6.36 Å². The first kappa shape index (κ1) is 15.4. The highest BCUT2D eigenvalue weighted by Gasteiger charge is 2.31. The van der Waals surface area contributed by atoms with Crippen LogP contribution < -0.4 is 4.74 Å². The number of amides is 1. The Labute approximate surface area is 123 Å². The van der Waals surface area contributed by atoms with Crippen molar-refractivity contribution in [3.63, 3.8) is 0 Å². The Bertz CT molecular complexity index is 594. The molecule has 0 unspecified atom stereocenters. The standard InChI is InChI=1S/C14H12F3NO2S/c1-18(9-12-3-2-8-21-12)13(19)10-4-6-11(7-5-10)20-14(15,16)17/h2-8H,9H2,1H3. The Balaban J connectivity index is 2.02. The monoisotopic (exact) mass is 315 g/mol. The van der Waals surface area contributed by atoms with Gasteiger partial charge in [0.25, 0.3) is 5.91 Å². The van der Waals surface area contributed by atoms with E-state index in [0.717, 1.165) is 17.0 Å². The molecule has 0 fully saturated rings. The second-order valence-electron chi connectivity index (χ2n) is 4.31. The molecule has 0 saturated carbocycles. The first-order valence-corrected chi connectivity index (χ1v) is 6.87. The molecule has 7 heteroatoms. The van der Waals surface area contributed by atoms with E-state index in [9.17, 15) is 18.0 Å². The molecule has 2 rings (SSSR count). The average molecular weight is 315 g/mol. The number of benzene rings is 1. The van der Waals surface area contributed by atoms with Gasteiger partial charge in [0.05, 0.1) is 6.54 Å². The fraction of sp³-hybridized carbons (Fsp3) is 0.214. The smallest absolute Gasteiger partial charge is 0.406 e. The number of nitrogens with zero attached hydrogens (tertiary/aromatic N) is 1. The molecule has 0 N–H and O–H groups in total. The number of carbonyl (C=O) groups is 1. The third-order valence-electron chi connectivity index (χ3n) is 2.65. The Morgan fingerprint density at radius 2 is 1.90 bits per heavy atom. The average Bonchev–Trinajstić information content (AvgIpc) is 2.90. The zero-order valence-corrected chi connectivity index (χ0v) is 11.9. The number of ether oxygens (including phenoxy) is 1. The lowest BCUT2D eigenvalue weighted by atomic mass is 10.2. The minimum absolute atomic E-state index is 0.262. The molecule has 0 radical (unpaired) electrons. The highest BCUT2D eigenvalue weighted by Crippen LogP contribution is 2.23. The van der Waals surface area contributed by atoms with Crippen LogP contribution in [-0.4, -0.2) is 24.2 Å². The van der Waals surface area contributed by atoms with Crippen LogP contribution in [-0.2, 0) is 6.54 Å². The molecular weight excluding hydrogens is 303 g/mol. The summed E-state index contributed by atoms with van der Waals surface area (Å²) in [6, 6.07) is 8.68. The van der Waals surface area contributed by atoms with Gasteiger partial charge in [-0.25, -0.2) is 0 Å². The first-order chi connectivity index (χ1) is 9.85. The quantitative estimate of drug-likeness (QED) is 0.856. The fourth-order valence-corrected chi connectivity index (χ4v) is 2.48. The van der Waals surface area contributed by atoms with Gasteiger partial charge < -0.3 is 9.64 Å². The largest absolute Gasteiger partial charge is 0.573 e. The van der Waals surface area contributed by atoms with E-state index in [1.165, 1.54) is 28.4 Å². The number of hydrogen-bond acceptors (Lipinski definition) is 3. The Kier molecular flexibility index (Phi) is 4.52. The lowest BCUT2D eigenvalue weighted by molar-refractivity contribution is -0.274. The van der Waals surface area contributed by atoms with Crippen molar-refractivity contribution in [2.75, 3.05) is 7.05 Å². The Hall–Kier alpha value is -2.02. The third-order valence-corrected chi connectivity index (χ3v) is 3.52. The first-order valence-electron chi connectivity index (χ1n) is 5.99. The number of hydrogen-bond donors (Lipinski definition) is 0. The number of halogens is 3. The summed E-state index contributed by atoms with van der Waals surface area (Å²) in [5, 5.41) is 1.91. The normalized spacial score (nSPS) is 11.2. The molecule has 0 aliphatic carbocycles. The van der Waals surface area contributed by atoms with Gasteiger partial charge in [-0.05, 0) is 35.7 Å². The second kappa shape index (κ2) is 6.17. The van der Waals surface area contributed by atoms with E-state index >= 15 is 0 Å². The molecule has 1 aromatic carbocycles. The third kappa shape index (κ3) is 4.49. The summed E-state index contributed by atoms with van der Waals surface area (Å²) in [7, 11) is 1.64. The van der Waals surface area contributed by atoms with Gasteiger partial charge in [-0.3, -0.25) is 4.79 Å². The maximum atomic E-state index is 12.1. The van der Waals surface area contributed by atoms with Gasteiger partial charge in [0.1, 0.15) is 5.75 Å². The Morgan fingerprint density at radius 3 is 2.43 bits per heavy atom. The molecule has 1 amide bonds. The summed E-state index contributed by atoms with van der Waals surface area (Å²) in [4.78, 5) is 14.7. The van der Waals surface area contributed by atoms with Crippen molar-refractivity contribution < 1.29 is 22.7 Å². The maximum absolute atomic E-state index is 12.1. The zero-order valence-electron chi connectivity index (χ0n) is 11.1. The number of carbonyl (C=O) groups excluding carboxylic acids is 1. The number of rotatable bonds is 4. The summed E-state index contributed by atoms with van der Waals surface area (Å²) in [6.07, 6.45) is -4.73. The summed E-state index contributed by atoms with van der Waals surface area (Å²) in [5.74, 6) is -0.609. The molecular formula is C14H12F3NO2S. The van der Waals surface area contributed by atoms with Gasteiger partial charge in [-0.2, -0.15) is 0 Å². The van der Waals surface area contributed by atoms with E-state index in [0.29, 0.717) is 12.1 Å². The SMILES string of the molecule is CN(Cc1cccs1)C(=O)c1ccc(OC(F)(F)F)cc1. The molecule has 2 aromatic rings. The molecule has 0 bridgehead atoms. The van der Waals surface area contributed by atoms with Crippen LogP contribution in [0.15, 0.2) is 41.8 Å². The van der Waals surface area contributed by atoms with Crippen LogP contribution in [0.5, 0.6) is 5.75 Å². The van der Waals surface area contributed by atoms with Crippen LogP contribution in [0.2, 0.25) is 0 Å². The summed E-state index contributed by atoms with van der Waals surface area (Å²) < 4.78 is 39.9. The van der Waals surface area contributed by atoms with Gasteiger partial charge in [-0.15, -0.1) is 24.5 Å². The van der Waals surface area contributed by atoms with Crippen LogP contribution in [0, 0.1) is 0 Å². The van der Waals surface area contributed by atoms with Crippen LogP contribution in [0.25, 0.3) is 0 Å². The van der Waals surface area contributed by atoms with Gasteiger partial charge in [0, 0.05) is 17.5 Å². The predicted octanol–water partition coefficient (Wildman–Crippen LogP) is 3.92. The van der Waals surface area contributed by atoms with Crippen molar-refractivity contribution in [2.24, 2.45) is 0 Å². The molecule has 0 atom stereocenters. The van der Waals surface area contributed by atoms with E-state index in [4.69, 9.17) is 0 Å².